The number of amides is 2. The van der Waals surface area contributed by atoms with Gasteiger partial charge in [-0.15, -0.1) is 5.06 Å². The van der Waals surface area contributed by atoms with E-state index in [1.807, 2.05) is 0 Å². The molecule has 1 unspecified atom stereocenters. The van der Waals surface area contributed by atoms with Crippen molar-refractivity contribution in [2.45, 2.75) is 51.9 Å². The zero-order chi connectivity index (χ0) is 15.2. The van der Waals surface area contributed by atoms with Crippen LogP contribution < -0.4 is 0 Å². The third-order valence-electron chi connectivity index (χ3n) is 3.76. The first-order chi connectivity index (χ1) is 10.1. The third-order valence-corrected chi connectivity index (χ3v) is 3.76. The van der Waals surface area contributed by atoms with Gasteiger partial charge in [0, 0.05) is 12.8 Å². The van der Waals surface area contributed by atoms with Crippen LogP contribution in [0.1, 0.15) is 51.9 Å². The van der Waals surface area contributed by atoms with E-state index >= 15 is 0 Å². The standard InChI is InChI=1S/C16H21NO4/c1-12(6-5-9-13-7-3-2-4-8-13)16(20)21-17-14(18)10-11-15(17)19/h3,7-8,12H,2,4-6,9-11H2,1H3. The summed E-state index contributed by atoms with van der Waals surface area (Å²) in [5.74, 6) is -1.69. The van der Waals surface area contributed by atoms with Gasteiger partial charge in [0.15, 0.2) is 0 Å². The van der Waals surface area contributed by atoms with Crippen molar-refractivity contribution in [1.82, 2.24) is 5.06 Å². The molecule has 1 aliphatic carbocycles. The van der Waals surface area contributed by atoms with Crippen LogP contribution in [0.2, 0.25) is 0 Å². The average Bonchev–Trinajstić information content (AvgIpc) is 2.80. The molecule has 5 heteroatoms. The van der Waals surface area contributed by atoms with E-state index in [2.05, 4.69) is 18.2 Å². The molecule has 1 atom stereocenters. The maximum absolute atomic E-state index is 11.9. The summed E-state index contributed by atoms with van der Waals surface area (Å²) in [4.78, 5) is 39.5. The number of allylic oxidation sites excluding steroid dienone is 4. The molecule has 0 N–H and O–H groups in total. The molecule has 2 amide bonds. The van der Waals surface area contributed by atoms with Gasteiger partial charge in [-0.2, -0.15) is 0 Å². The highest BCUT2D eigenvalue weighted by Gasteiger charge is 2.33. The maximum Gasteiger partial charge on any atom is 0.335 e. The summed E-state index contributed by atoms with van der Waals surface area (Å²) in [7, 11) is 0. The number of rotatable bonds is 6. The summed E-state index contributed by atoms with van der Waals surface area (Å²) in [6, 6.07) is 0. The minimum atomic E-state index is -0.508. The number of hydrogen-bond acceptors (Lipinski definition) is 4. The fourth-order valence-electron chi connectivity index (χ4n) is 2.42. The van der Waals surface area contributed by atoms with Crippen LogP contribution in [-0.4, -0.2) is 22.8 Å². The van der Waals surface area contributed by atoms with Crippen molar-refractivity contribution < 1.29 is 19.2 Å². The summed E-state index contributed by atoms with van der Waals surface area (Å²) in [6.45, 7) is 1.76. The fraction of sp³-hybridized carbons (Fsp3) is 0.562. The number of hydroxylamine groups is 2. The van der Waals surface area contributed by atoms with Gasteiger partial charge in [0.2, 0.25) is 0 Å². The molecule has 21 heavy (non-hydrogen) atoms. The summed E-state index contributed by atoms with van der Waals surface area (Å²) in [6.07, 6.45) is 11.5. The van der Waals surface area contributed by atoms with Crippen molar-refractivity contribution in [3.63, 3.8) is 0 Å². The fourth-order valence-corrected chi connectivity index (χ4v) is 2.42. The largest absolute Gasteiger partial charge is 0.335 e. The Balaban J connectivity index is 1.72. The predicted molar refractivity (Wildman–Crippen MR) is 76.7 cm³/mol. The van der Waals surface area contributed by atoms with Crippen LogP contribution in [0.15, 0.2) is 23.8 Å². The van der Waals surface area contributed by atoms with Crippen LogP contribution in [0.3, 0.4) is 0 Å². The maximum atomic E-state index is 11.9. The summed E-state index contributed by atoms with van der Waals surface area (Å²) in [5.41, 5.74) is 1.31. The molecule has 0 saturated carbocycles. The Kier molecular flexibility index (Phi) is 5.31. The lowest BCUT2D eigenvalue weighted by molar-refractivity contribution is -0.200. The normalized spacial score (nSPS) is 19.7. The first kappa shape index (κ1) is 15.5. The Morgan fingerprint density at radius 1 is 1.29 bits per heavy atom. The molecule has 1 saturated heterocycles. The molecule has 114 valence electrons. The number of carbonyl (C=O) groups excluding carboxylic acids is 3. The quantitative estimate of drug-likeness (QED) is 0.706. The highest BCUT2D eigenvalue weighted by Crippen LogP contribution is 2.20. The molecular weight excluding hydrogens is 270 g/mol. The lowest BCUT2D eigenvalue weighted by Crippen LogP contribution is -2.34. The van der Waals surface area contributed by atoms with Crippen molar-refractivity contribution in [1.29, 1.82) is 0 Å². The van der Waals surface area contributed by atoms with Crippen LogP contribution in [0.25, 0.3) is 0 Å². The number of nitrogens with zero attached hydrogens (tertiary/aromatic N) is 1. The van der Waals surface area contributed by atoms with Gasteiger partial charge in [-0.3, -0.25) is 9.59 Å². The monoisotopic (exact) mass is 291 g/mol. The van der Waals surface area contributed by atoms with E-state index in [4.69, 9.17) is 4.84 Å². The van der Waals surface area contributed by atoms with Crippen molar-refractivity contribution in [2.24, 2.45) is 5.92 Å². The van der Waals surface area contributed by atoms with Crippen LogP contribution in [-0.2, 0) is 19.2 Å². The number of hydrogen-bond donors (Lipinski definition) is 0. The average molecular weight is 291 g/mol. The molecule has 1 heterocycles. The number of imide groups is 1. The molecule has 0 radical (unpaired) electrons. The Morgan fingerprint density at radius 2 is 2.00 bits per heavy atom. The van der Waals surface area contributed by atoms with Crippen LogP contribution in [0, 0.1) is 5.92 Å². The lowest BCUT2D eigenvalue weighted by Gasteiger charge is -2.16. The van der Waals surface area contributed by atoms with Crippen LogP contribution in [0.4, 0.5) is 0 Å². The van der Waals surface area contributed by atoms with Gasteiger partial charge < -0.3 is 4.84 Å². The number of carbonyl (C=O) groups is 3. The Hall–Kier alpha value is -1.91. The molecule has 1 fully saturated rings. The van der Waals surface area contributed by atoms with Crippen molar-refractivity contribution in [3.8, 4) is 0 Å². The second-order valence-corrected chi connectivity index (χ2v) is 5.54. The second-order valence-electron chi connectivity index (χ2n) is 5.54. The van der Waals surface area contributed by atoms with Gasteiger partial charge in [-0.25, -0.2) is 4.79 Å². The third kappa shape index (κ3) is 4.28. The zero-order valence-electron chi connectivity index (χ0n) is 12.3. The van der Waals surface area contributed by atoms with Gasteiger partial charge in [0.05, 0.1) is 5.92 Å². The highest BCUT2D eigenvalue weighted by molar-refractivity contribution is 6.01. The molecule has 2 aliphatic rings. The highest BCUT2D eigenvalue weighted by atomic mass is 16.7. The first-order valence-electron chi connectivity index (χ1n) is 7.51. The van der Waals surface area contributed by atoms with Gasteiger partial charge >= 0.3 is 5.97 Å². The molecule has 0 bridgehead atoms. The Labute approximate surface area is 124 Å². The van der Waals surface area contributed by atoms with Gasteiger partial charge in [-0.1, -0.05) is 30.7 Å². The molecule has 5 nitrogen and oxygen atoms in total. The smallest absolute Gasteiger partial charge is 0.330 e. The predicted octanol–water partition coefficient (Wildman–Crippen LogP) is 2.68. The van der Waals surface area contributed by atoms with E-state index in [0.717, 1.165) is 25.7 Å². The van der Waals surface area contributed by atoms with E-state index in [1.54, 1.807) is 6.92 Å². The van der Waals surface area contributed by atoms with E-state index in [1.165, 1.54) is 5.57 Å². The zero-order valence-corrected chi connectivity index (χ0v) is 12.3. The Bertz CT molecular complexity index is 477. The van der Waals surface area contributed by atoms with E-state index in [-0.39, 0.29) is 18.8 Å². The lowest BCUT2D eigenvalue weighted by atomic mass is 9.98. The van der Waals surface area contributed by atoms with E-state index < -0.39 is 17.8 Å². The first-order valence-corrected chi connectivity index (χ1v) is 7.51. The minimum absolute atomic E-state index is 0.126. The molecule has 1 aliphatic heterocycles. The topological polar surface area (TPSA) is 63.7 Å². The van der Waals surface area contributed by atoms with E-state index in [9.17, 15) is 14.4 Å². The van der Waals surface area contributed by atoms with Crippen LogP contribution in [0.5, 0.6) is 0 Å². The second kappa shape index (κ2) is 7.20. The SMILES string of the molecule is CC(CCCC1=CCCC=C1)C(=O)ON1C(=O)CCC1=O. The van der Waals surface area contributed by atoms with Gasteiger partial charge in [0.25, 0.3) is 11.8 Å². The summed E-state index contributed by atoms with van der Waals surface area (Å²) >= 11 is 0. The van der Waals surface area contributed by atoms with E-state index in [0.29, 0.717) is 11.5 Å². The molecule has 0 aromatic heterocycles. The minimum Gasteiger partial charge on any atom is -0.330 e. The summed E-state index contributed by atoms with van der Waals surface area (Å²) in [5, 5.41) is 0.616. The van der Waals surface area contributed by atoms with Gasteiger partial charge in [-0.05, 0) is 32.1 Å². The Morgan fingerprint density at radius 3 is 2.62 bits per heavy atom. The molecule has 0 spiro atoms. The molecule has 0 aromatic rings. The summed E-state index contributed by atoms with van der Waals surface area (Å²) < 4.78 is 0. The van der Waals surface area contributed by atoms with Crippen LogP contribution >= 0.6 is 0 Å². The van der Waals surface area contributed by atoms with Crippen molar-refractivity contribution >= 4 is 17.8 Å². The molecular formula is C16H21NO4. The molecule has 2 rings (SSSR count). The molecule has 0 aromatic carbocycles. The van der Waals surface area contributed by atoms with Gasteiger partial charge in [0.1, 0.15) is 0 Å². The van der Waals surface area contributed by atoms with Crippen molar-refractivity contribution in [2.75, 3.05) is 0 Å². The van der Waals surface area contributed by atoms with Crippen molar-refractivity contribution in [3.05, 3.63) is 23.8 Å².